The summed E-state index contributed by atoms with van der Waals surface area (Å²) >= 11 is 6.05. The van der Waals surface area contributed by atoms with Crippen molar-refractivity contribution in [3.05, 3.63) is 82.3 Å². The fourth-order valence-corrected chi connectivity index (χ4v) is 5.73. The highest BCUT2D eigenvalue weighted by Crippen LogP contribution is 2.35. The van der Waals surface area contributed by atoms with Crippen LogP contribution in [0.1, 0.15) is 21.5 Å². The molecule has 35 heavy (non-hydrogen) atoms. The fraction of sp³-hybridized carbons (Fsp3) is 0.280. The van der Waals surface area contributed by atoms with Gasteiger partial charge in [0, 0.05) is 12.6 Å². The zero-order valence-electron chi connectivity index (χ0n) is 19.5. The van der Waals surface area contributed by atoms with Gasteiger partial charge in [-0.15, -0.1) is 0 Å². The maximum Gasteiger partial charge on any atom is 0.264 e. The Bertz CT molecular complexity index is 1360. The number of sulfonamides is 1. The summed E-state index contributed by atoms with van der Waals surface area (Å²) in [6.45, 7) is 2.17. The van der Waals surface area contributed by atoms with Crippen LogP contribution in [0.25, 0.3) is 0 Å². The number of carbonyl (C=O) groups is 1. The Kier molecular flexibility index (Phi) is 7.12. The summed E-state index contributed by atoms with van der Waals surface area (Å²) in [5, 5.41) is 0.0125. The van der Waals surface area contributed by atoms with Gasteiger partial charge >= 0.3 is 0 Å². The van der Waals surface area contributed by atoms with Gasteiger partial charge in [0.15, 0.2) is 5.78 Å². The van der Waals surface area contributed by atoms with Crippen LogP contribution >= 0.6 is 11.6 Å². The summed E-state index contributed by atoms with van der Waals surface area (Å²) in [4.78, 5) is 19.2. The average molecular weight is 518 g/mol. The maximum atomic E-state index is 14.3. The molecule has 1 unspecified atom stereocenters. The maximum absolute atomic E-state index is 14.3. The molecule has 0 saturated heterocycles. The van der Waals surface area contributed by atoms with Crippen molar-refractivity contribution < 1.29 is 22.3 Å². The lowest BCUT2D eigenvalue weighted by Gasteiger charge is -2.28. The number of rotatable bonds is 6. The highest BCUT2D eigenvalue weighted by atomic mass is 35.5. The quantitative estimate of drug-likeness (QED) is 0.457. The Morgan fingerprint density at radius 3 is 2.66 bits per heavy atom. The summed E-state index contributed by atoms with van der Waals surface area (Å²) in [6, 6.07) is 12.0. The number of ether oxygens (including phenoxy) is 1. The predicted molar refractivity (Wildman–Crippen MR) is 132 cm³/mol. The van der Waals surface area contributed by atoms with Gasteiger partial charge in [-0.1, -0.05) is 29.8 Å². The van der Waals surface area contributed by atoms with Gasteiger partial charge in [-0.25, -0.2) is 17.8 Å². The highest BCUT2D eigenvalue weighted by molar-refractivity contribution is 7.92. The number of halogens is 2. The first-order valence-electron chi connectivity index (χ1n) is 10.9. The molecule has 0 radical (unpaired) electrons. The third kappa shape index (κ3) is 5.17. The van der Waals surface area contributed by atoms with E-state index >= 15 is 0 Å². The van der Waals surface area contributed by atoms with Crippen LogP contribution in [-0.4, -0.2) is 57.4 Å². The van der Waals surface area contributed by atoms with E-state index in [1.165, 1.54) is 28.7 Å². The van der Waals surface area contributed by atoms with Crippen molar-refractivity contribution in [3.8, 4) is 5.88 Å². The van der Waals surface area contributed by atoms with Crippen molar-refractivity contribution in [2.24, 2.45) is 0 Å². The van der Waals surface area contributed by atoms with E-state index in [9.17, 15) is 17.6 Å². The Labute approximate surface area is 209 Å². The third-order valence-electron chi connectivity index (χ3n) is 5.86. The average Bonchev–Trinajstić information content (AvgIpc) is 2.99. The molecule has 0 fully saturated rings. The number of Topliss-reactive ketones (excluding diaryl/α,β-unsaturated/α-hetero) is 1. The van der Waals surface area contributed by atoms with Gasteiger partial charge in [0.05, 0.1) is 28.1 Å². The van der Waals surface area contributed by atoms with Crippen molar-refractivity contribution in [2.45, 2.75) is 24.3 Å². The van der Waals surface area contributed by atoms with Gasteiger partial charge in [-0.3, -0.25) is 9.10 Å². The first-order chi connectivity index (χ1) is 16.6. The van der Waals surface area contributed by atoms with Gasteiger partial charge in [0.1, 0.15) is 18.1 Å². The smallest absolute Gasteiger partial charge is 0.264 e. The van der Waals surface area contributed by atoms with Crippen molar-refractivity contribution in [1.29, 1.82) is 0 Å². The number of likely N-dealkylation sites (N-methyl/N-ethyl adjacent to an activating group) is 1. The van der Waals surface area contributed by atoms with E-state index < -0.39 is 21.6 Å². The SMILES string of the molecule is Cc1cccc(S(=O)(=O)N2CC(N(C)C)COc3ncc(CC(=O)c4c(F)cccc4Cl)cc32)c1. The van der Waals surface area contributed by atoms with Crippen LogP contribution < -0.4 is 9.04 Å². The molecule has 0 bridgehead atoms. The zero-order valence-corrected chi connectivity index (χ0v) is 21.1. The lowest BCUT2D eigenvalue weighted by atomic mass is 10.0. The van der Waals surface area contributed by atoms with E-state index in [4.69, 9.17) is 16.3 Å². The van der Waals surface area contributed by atoms with E-state index in [1.807, 2.05) is 32.0 Å². The summed E-state index contributed by atoms with van der Waals surface area (Å²) in [5.41, 5.74) is 1.23. The first kappa shape index (κ1) is 25.1. The highest BCUT2D eigenvalue weighted by Gasteiger charge is 2.34. The van der Waals surface area contributed by atoms with Gasteiger partial charge in [0.2, 0.25) is 5.88 Å². The van der Waals surface area contributed by atoms with Gasteiger partial charge in [0.25, 0.3) is 10.0 Å². The number of benzene rings is 2. The summed E-state index contributed by atoms with van der Waals surface area (Å²) in [5.74, 6) is -1.11. The minimum Gasteiger partial charge on any atom is -0.474 e. The zero-order chi connectivity index (χ0) is 25.3. The second-order valence-corrected chi connectivity index (χ2v) is 10.9. The number of hydrogen-bond acceptors (Lipinski definition) is 6. The van der Waals surface area contributed by atoms with Crippen molar-refractivity contribution in [3.63, 3.8) is 0 Å². The van der Waals surface area contributed by atoms with Crippen LogP contribution in [-0.2, 0) is 16.4 Å². The lowest BCUT2D eigenvalue weighted by molar-refractivity contribution is 0.0989. The number of fused-ring (bicyclic) bond motifs is 1. The normalized spacial score (nSPS) is 15.9. The summed E-state index contributed by atoms with van der Waals surface area (Å²) in [7, 11) is -0.289. The van der Waals surface area contributed by atoms with Crippen LogP contribution in [0.3, 0.4) is 0 Å². The molecule has 0 amide bonds. The molecule has 0 spiro atoms. The second kappa shape index (κ2) is 9.93. The minimum atomic E-state index is -3.98. The molecular formula is C25H25ClFN3O4S. The first-order valence-corrected chi connectivity index (χ1v) is 12.7. The third-order valence-corrected chi connectivity index (χ3v) is 7.95. The molecule has 1 aromatic heterocycles. The molecule has 1 atom stereocenters. The van der Waals surface area contributed by atoms with Crippen LogP contribution in [0, 0.1) is 12.7 Å². The monoisotopic (exact) mass is 517 g/mol. The summed E-state index contributed by atoms with van der Waals surface area (Å²) in [6.07, 6.45) is 1.22. The molecule has 0 N–H and O–H groups in total. The topological polar surface area (TPSA) is 79.8 Å². The van der Waals surface area contributed by atoms with Crippen molar-refractivity contribution in [1.82, 2.24) is 9.88 Å². The van der Waals surface area contributed by atoms with Gasteiger partial charge in [-0.05, 0) is 62.5 Å². The van der Waals surface area contributed by atoms with Gasteiger partial charge < -0.3 is 9.64 Å². The fourth-order valence-electron chi connectivity index (χ4n) is 3.87. The second-order valence-electron chi connectivity index (χ2n) is 8.65. The molecule has 2 aromatic carbocycles. The van der Waals surface area contributed by atoms with E-state index in [1.54, 1.807) is 24.3 Å². The number of carbonyl (C=O) groups excluding carboxylic acids is 1. The molecular weight excluding hydrogens is 493 g/mol. The molecule has 1 aliphatic heterocycles. The van der Waals surface area contributed by atoms with E-state index in [-0.39, 0.29) is 52.7 Å². The number of nitrogens with zero attached hydrogens (tertiary/aromatic N) is 3. The van der Waals surface area contributed by atoms with Crippen molar-refractivity contribution >= 4 is 33.1 Å². The number of hydrogen-bond donors (Lipinski definition) is 0. The molecule has 0 saturated carbocycles. The predicted octanol–water partition coefficient (Wildman–Crippen LogP) is 4.13. The molecule has 2 heterocycles. The molecule has 0 aliphatic carbocycles. The van der Waals surface area contributed by atoms with Crippen LogP contribution in [0.15, 0.2) is 59.6 Å². The number of aryl methyl sites for hydroxylation is 1. The number of ketones is 1. The molecule has 7 nitrogen and oxygen atoms in total. The summed E-state index contributed by atoms with van der Waals surface area (Å²) < 4.78 is 48.9. The molecule has 184 valence electrons. The molecule has 3 aromatic rings. The Balaban J connectivity index is 1.77. The van der Waals surface area contributed by atoms with Crippen LogP contribution in [0.2, 0.25) is 5.02 Å². The minimum absolute atomic E-state index is 0.0125. The van der Waals surface area contributed by atoms with E-state index in [0.29, 0.717) is 5.56 Å². The van der Waals surface area contributed by atoms with Crippen LogP contribution in [0.4, 0.5) is 10.1 Å². The number of anilines is 1. The Hall–Kier alpha value is -3.01. The molecule has 10 heteroatoms. The Morgan fingerprint density at radius 1 is 1.23 bits per heavy atom. The van der Waals surface area contributed by atoms with E-state index in [2.05, 4.69) is 4.98 Å². The van der Waals surface area contributed by atoms with Gasteiger partial charge in [-0.2, -0.15) is 0 Å². The number of pyridine rings is 1. The largest absolute Gasteiger partial charge is 0.474 e. The number of aromatic nitrogens is 1. The molecule has 1 aliphatic rings. The molecule has 4 rings (SSSR count). The van der Waals surface area contributed by atoms with Crippen LogP contribution in [0.5, 0.6) is 5.88 Å². The van der Waals surface area contributed by atoms with E-state index in [0.717, 1.165) is 5.56 Å². The standard InChI is InChI=1S/C25H25ClFN3O4S/c1-16-6-4-7-19(10-16)35(32,33)30-14-18(29(2)3)15-34-25-22(30)11-17(13-28-25)12-23(31)24-20(26)8-5-9-21(24)27/h4-11,13,18H,12,14-15H2,1-3H3. The lowest BCUT2D eigenvalue weighted by Crippen LogP contribution is -2.44. The Morgan fingerprint density at radius 2 is 1.97 bits per heavy atom. The van der Waals surface area contributed by atoms with Crippen molar-refractivity contribution in [2.75, 3.05) is 31.6 Å².